The Balaban J connectivity index is 1.46. The van der Waals surface area contributed by atoms with E-state index >= 15 is 0 Å². The van der Waals surface area contributed by atoms with Crippen LogP contribution in [-0.2, 0) is 11.3 Å². The molecule has 36 heavy (non-hydrogen) atoms. The summed E-state index contributed by atoms with van der Waals surface area (Å²) >= 11 is 0. The van der Waals surface area contributed by atoms with Gasteiger partial charge in [-0.3, -0.25) is 4.79 Å². The molecule has 4 rings (SSSR count). The largest absolute Gasteiger partial charge is 0.497 e. The van der Waals surface area contributed by atoms with Gasteiger partial charge in [0.2, 0.25) is 5.89 Å². The fourth-order valence-electron chi connectivity index (χ4n) is 3.54. The van der Waals surface area contributed by atoms with Crippen molar-refractivity contribution < 1.29 is 28.2 Å². The summed E-state index contributed by atoms with van der Waals surface area (Å²) in [4.78, 5) is 29.7. The van der Waals surface area contributed by atoms with Gasteiger partial charge in [0.1, 0.15) is 23.6 Å². The molecule has 0 unspecified atom stereocenters. The minimum absolute atomic E-state index is 0.0897. The number of hydrogen-bond acceptors (Lipinski definition) is 7. The van der Waals surface area contributed by atoms with E-state index in [0.717, 1.165) is 11.1 Å². The SMILES string of the molecule is COc1cc(OC)cc(C(=O)OCc2ccc(-c3nc4cccc(C(=O)NCC(C)C)c4o3)cc2)c1. The van der Waals surface area contributed by atoms with E-state index in [1.54, 1.807) is 30.3 Å². The van der Waals surface area contributed by atoms with Crippen LogP contribution in [0.1, 0.15) is 40.1 Å². The standard InChI is InChI=1S/C28H28N2O6/c1-17(2)15-29-26(31)23-6-5-7-24-25(23)36-27(30-24)19-10-8-18(9-11-19)16-35-28(32)20-12-21(33-3)14-22(13-20)34-4/h5-14,17H,15-16H2,1-4H3,(H,29,31). The van der Waals surface area contributed by atoms with E-state index in [-0.39, 0.29) is 12.5 Å². The van der Waals surface area contributed by atoms with Gasteiger partial charge >= 0.3 is 5.97 Å². The van der Waals surface area contributed by atoms with E-state index in [1.807, 2.05) is 44.2 Å². The molecule has 0 fully saturated rings. The number of fused-ring (bicyclic) bond motifs is 1. The third-order valence-corrected chi connectivity index (χ3v) is 5.49. The monoisotopic (exact) mass is 488 g/mol. The molecular formula is C28H28N2O6. The topological polar surface area (TPSA) is 99.9 Å². The molecule has 0 bridgehead atoms. The lowest BCUT2D eigenvalue weighted by Gasteiger charge is -2.09. The smallest absolute Gasteiger partial charge is 0.338 e. The zero-order chi connectivity index (χ0) is 25.7. The summed E-state index contributed by atoms with van der Waals surface area (Å²) in [5.74, 6) is 1.08. The molecule has 1 aromatic heterocycles. The number of rotatable bonds is 9. The number of benzene rings is 3. The molecule has 0 spiro atoms. The summed E-state index contributed by atoms with van der Waals surface area (Å²) in [7, 11) is 3.04. The van der Waals surface area contributed by atoms with Gasteiger partial charge in [0.25, 0.3) is 5.91 Å². The van der Waals surface area contributed by atoms with Gasteiger partial charge in [0, 0.05) is 18.2 Å². The van der Waals surface area contributed by atoms with Gasteiger partial charge < -0.3 is 23.9 Å². The maximum atomic E-state index is 12.6. The molecule has 0 aliphatic carbocycles. The third kappa shape index (κ3) is 5.66. The van der Waals surface area contributed by atoms with Crippen molar-refractivity contribution in [2.75, 3.05) is 20.8 Å². The molecule has 0 saturated carbocycles. The van der Waals surface area contributed by atoms with Gasteiger partial charge in [-0.1, -0.05) is 32.0 Å². The van der Waals surface area contributed by atoms with Crippen molar-refractivity contribution in [2.24, 2.45) is 5.92 Å². The summed E-state index contributed by atoms with van der Waals surface area (Å²) in [5.41, 5.74) is 3.38. The second kappa shape index (κ2) is 10.9. The Labute approximate surface area is 209 Å². The zero-order valence-electron chi connectivity index (χ0n) is 20.7. The van der Waals surface area contributed by atoms with Crippen LogP contribution < -0.4 is 14.8 Å². The number of hydrogen-bond donors (Lipinski definition) is 1. The zero-order valence-corrected chi connectivity index (χ0v) is 20.7. The number of nitrogens with one attached hydrogen (secondary N) is 1. The number of para-hydroxylation sites is 1. The average molecular weight is 489 g/mol. The summed E-state index contributed by atoms with van der Waals surface area (Å²) in [5, 5.41) is 2.91. The second-order valence-electron chi connectivity index (χ2n) is 8.65. The first kappa shape index (κ1) is 24.8. The molecule has 0 aliphatic rings. The van der Waals surface area contributed by atoms with E-state index in [4.69, 9.17) is 18.6 Å². The molecule has 8 nitrogen and oxygen atoms in total. The van der Waals surface area contributed by atoms with Crippen molar-refractivity contribution >= 4 is 23.0 Å². The maximum Gasteiger partial charge on any atom is 0.338 e. The summed E-state index contributed by atoms with van der Waals surface area (Å²) in [6, 6.07) is 17.5. The summed E-state index contributed by atoms with van der Waals surface area (Å²) in [6.45, 7) is 4.74. The lowest BCUT2D eigenvalue weighted by Crippen LogP contribution is -2.27. The number of nitrogens with zero attached hydrogens (tertiary/aromatic N) is 1. The molecule has 8 heteroatoms. The maximum absolute atomic E-state index is 12.6. The quantitative estimate of drug-likeness (QED) is 0.321. The van der Waals surface area contributed by atoms with Crippen LogP contribution in [0.2, 0.25) is 0 Å². The fraction of sp³-hybridized carbons (Fsp3) is 0.250. The van der Waals surface area contributed by atoms with Crippen molar-refractivity contribution in [2.45, 2.75) is 20.5 Å². The Morgan fingerprint density at radius 2 is 1.67 bits per heavy atom. The van der Waals surface area contributed by atoms with Crippen LogP contribution in [0.25, 0.3) is 22.6 Å². The molecule has 4 aromatic rings. The number of esters is 1. The summed E-state index contributed by atoms with van der Waals surface area (Å²) in [6.07, 6.45) is 0. The van der Waals surface area contributed by atoms with Gasteiger partial charge in [-0.15, -0.1) is 0 Å². The first-order valence-electron chi connectivity index (χ1n) is 11.5. The Morgan fingerprint density at radius 3 is 2.31 bits per heavy atom. The van der Waals surface area contributed by atoms with Gasteiger partial charge in [0.15, 0.2) is 5.58 Å². The Morgan fingerprint density at radius 1 is 0.972 bits per heavy atom. The highest BCUT2D eigenvalue weighted by Crippen LogP contribution is 2.27. The number of amides is 1. The van der Waals surface area contributed by atoms with E-state index in [1.165, 1.54) is 14.2 Å². The second-order valence-corrected chi connectivity index (χ2v) is 8.65. The van der Waals surface area contributed by atoms with Crippen LogP contribution in [0.15, 0.2) is 65.1 Å². The van der Waals surface area contributed by atoms with Crippen molar-refractivity contribution in [3.63, 3.8) is 0 Å². The van der Waals surface area contributed by atoms with Crippen LogP contribution in [0, 0.1) is 5.92 Å². The predicted molar refractivity (Wildman–Crippen MR) is 135 cm³/mol. The highest BCUT2D eigenvalue weighted by Gasteiger charge is 2.17. The molecule has 1 N–H and O–H groups in total. The van der Waals surface area contributed by atoms with Crippen molar-refractivity contribution in [3.05, 3.63) is 77.4 Å². The van der Waals surface area contributed by atoms with Crippen LogP contribution >= 0.6 is 0 Å². The van der Waals surface area contributed by atoms with E-state index in [0.29, 0.717) is 52.1 Å². The lowest BCUT2D eigenvalue weighted by atomic mass is 10.1. The highest BCUT2D eigenvalue weighted by atomic mass is 16.5. The Hall–Kier alpha value is -4.33. The Kier molecular flexibility index (Phi) is 7.53. The molecule has 0 aliphatic heterocycles. The molecule has 186 valence electrons. The van der Waals surface area contributed by atoms with E-state index in [9.17, 15) is 9.59 Å². The van der Waals surface area contributed by atoms with Gasteiger partial charge in [-0.05, 0) is 47.9 Å². The van der Waals surface area contributed by atoms with Gasteiger partial charge in [-0.25, -0.2) is 9.78 Å². The predicted octanol–water partition coefficient (Wildman–Crippen LogP) is 5.25. The lowest BCUT2D eigenvalue weighted by molar-refractivity contribution is 0.0471. The van der Waals surface area contributed by atoms with E-state index < -0.39 is 5.97 Å². The molecule has 1 heterocycles. The minimum atomic E-state index is -0.487. The molecule has 1 amide bonds. The number of ether oxygens (including phenoxy) is 3. The molecule has 3 aromatic carbocycles. The number of methoxy groups -OCH3 is 2. The Bertz CT molecular complexity index is 1350. The number of oxazole rings is 1. The van der Waals surface area contributed by atoms with E-state index in [2.05, 4.69) is 10.3 Å². The van der Waals surface area contributed by atoms with Crippen LogP contribution in [0.5, 0.6) is 11.5 Å². The summed E-state index contributed by atoms with van der Waals surface area (Å²) < 4.78 is 21.8. The van der Waals surface area contributed by atoms with Gasteiger partial charge in [-0.2, -0.15) is 0 Å². The van der Waals surface area contributed by atoms with Crippen LogP contribution in [0.4, 0.5) is 0 Å². The highest BCUT2D eigenvalue weighted by molar-refractivity contribution is 6.04. The number of carbonyl (C=O) groups excluding carboxylic acids is 2. The average Bonchev–Trinajstić information content (AvgIpc) is 3.34. The molecule has 0 saturated heterocycles. The van der Waals surface area contributed by atoms with Crippen molar-refractivity contribution in [1.29, 1.82) is 0 Å². The van der Waals surface area contributed by atoms with Crippen molar-refractivity contribution in [1.82, 2.24) is 10.3 Å². The first-order valence-corrected chi connectivity index (χ1v) is 11.5. The fourth-order valence-corrected chi connectivity index (χ4v) is 3.54. The normalized spacial score (nSPS) is 10.9. The minimum Gasteiger partial charge on any atom is -0.497 e. The molecule has 0 atom stereocenters. The number of aromatic nitrogens is 1. The molecular weight excluding hydrogens is 460 g/mol. The van der Waals surface area contributed by atoms with Crippen LogP contribution in [-0.4, -0.2) is 37.6 Å². The van der Waals surface area contributed by atoms with Gasteiger partial charge in [0.05, 0.1) is 25.3 Å². The first-order chi connectivity index (χ1) is 17.4. The van der Waals surface area contributed by atoms with Crippen molar-refractivity contribution in [3.8, 4) is 23.0 Å². The third-order valence-electron chi connectivity index (χ3n) is 5.49. The molecule has 0 radical (unpaired) electrons. The van der Waals surface area contributed by atoms with Crippen LogP contribution in [0.3, 0.4) is 0 Å². The number of carbonyl (C=O) groups is 2.